The number of aromatic hydroxyl groups is 1. The second kappa shape index (κ2) is 9.14. The highest BCUT2D eigenvalue weighted by Gasteiger charge is 2.00. The third-order valence-corrected chi connectivity index (χ3v) is 4.16. The standard InChI is InChI=1S/C21H27NO2/c1-4-22(5-2)14-15-24-21-12-6-18(7-13-21)16-17(3)19-8-10-20(23)11-9-19/h6-13,16,23H,4-5,14-15H2,1-3H3/b17-16-. The van der Waals surface area contributed by atoms with E-state index >= 15 is 0 Å². The summed E-state index contributed by atoms with van der Waals surface area (Å²) in [5, 5.41) is 9.36. The van der Waals surface area contributed by atoms with Gasteiger partial charge in [-0.15, -0.1) is 0 Å². The van der Waals surface area contributed by atoms with Gasteiger partial charge in [-0.25, -0.2) is 0 Å². The molecule has 0 unspecified atom stereocenters. The minimum Gasteiger partial charge on any atom is -0.508 e. The van der Waals surface area contributed by atoms with Gasteiger partial charge in [0.15, 0.2) is 0 Å². The van der Waals surface area contributed by atoms with Gasteiger partial charge >= 0.3 is 0 Å². The van der Waals surface area contributed by atoms with Crippen molar-refractivity contribution in [2.75, 3.05) is 26.2 Å². The first-order chi connectivity index (χ1) is 11.6. The zero-order valence-electron chi connectivity index (χ0n) is 14.8. The van der Waals surface area contributed by atoms with E-state index < -0.39 is 0 Å². The molecule has 1 N–H and O–H groups in total. The molecule has 0 amide bonds. The Bertz CT molecular complexity index is 641. The van der Waals surface area contributed by atoms with Crippen LogP contribution in [0.1, 0.15) is 31.9 Å². The van der Waals surface area contributed by atoms with Crippen LogP contribution in [0.15, 0.2) is 48.5 Å². The van der Waals surface area contributed by atoms with E-state index in [1.807, 2.05) is 24.3 Å². The molecular formula is C21H27NO2. The van der Waals surface area contributed by atoms with E-state index in [4.69, 9.17) is 4.74 Å². The third kappa shape index (κ3) is 5.43. The topological polar surface area (TPSA) is 32.7 Å². The van der Waals surface area contributed by atoms with Crippen molar-refractivity contribution in [2.24, 2.45) is 0 Å². The summed E-state index contributed by atoms with van der Waals surface area (Å²) in [4.78, 5) is 2.35. The van der Waals surface area contributed by atoms with Gasteiger partial charge in [0, 0.05) is 6.54 Å². The van der Waals surface area contributed by atoms with Crippen LogP contribution in [0.4, 0.5) is 0 Å². The molecule has 0 aliphatic rings. The minimum atomic E-state index is 0.290. The summed E-state index contributed by atoms with van der Waals surface area (Å²) in [5.74, 6) is 1.19. The molecule has 2 rings (SSSR count). The fourth-order valence-corrected chi connectivity index (χ4v) is 2.55. The van der Waals surface area contributed by atoms with Gasteiger partial charge in [-0.2, -0.15) is 0 Å². The molecule has 0 radical (unpaired) electrons. The van der Waals surface area contributed by atoms with Crippen molar-refractivity contribution in [3.63, 3.8) is 0 Å². The summed E-state index contributed by atoms with van der Waals surface area (Å²) in [6.07, 6.45) is 2.13. The lowest BCUT2D eigenvalue weighted by atomic mass is 10.0. The van der Waals surface area contributed by atoms with Crippen molar-refractivity contribution >= 4 is 11.6 Å². The van der Waals surface area contributed by atoms with Crippen molar-refractivity contribution in [1.82, 2.24) is 4.90 Å². The molecule has 3 nitrogen and oxygen atoms in total. The van der Waals surface area contributed by atoms with Gasteiger partial charge in [0.25, 0.3) is 0 Å². The van der Waals surface area contributed by atoms with Crippen molar-refractivity contribution in [3.8, 4) is 11.5 Å². The highest BCUT2D eigenvalue weighted by molar-refractivity contribution is 5.80. The number of benzene rings is 2. The largest absolute Gasteiger partial charge is 0.508 e. The smallest absolute Gasteiger partial charge is 0.119 e. The number of phenols is 1. The van der Waals surface area contributed by atoms with Crippen LogP contribution >= 0.6 is 0 Å². The average molecular weight is 325 g/mol. The Labute approximate surface area is 145 Å². The summed E-state index contributed by atoms with van der Waals surface area (Å²) < 4.78 is 5.81. The lowest BCUT2D eigenvalue weighted by molar-refractivity contribution is 0.223. The van der Waals surface area contributed by atoms with Crippen molar-refractivity contribution in [3.05, 3.63) is 59.7 Å². The molecule has 0 aliphatic heterocycles. The molecule has 0 saturated carbocycles. The molecule has 24 heavy (non-hydrogen) atoms. The van der Waals surface area contributed by atoms with E-state index in [1.54, 1.807) is 12.1 Å². The molecule has 0 atom stereocenters. The average Bonchev–Trinajstić information content (AvgIpc) is 2.60. The second-order valence-electron chi connectivity index (χ2n) is 5.82. The zero-order chi connectivity index (χ0) is 17.4. The van der Waals surface area contributed by atoms with Crippen LogP contribution < -0.4 is 4.74 Å². The van der Waals surface area contributed by atoms with Crippen LogP contribution in [-0.2, 0) is 0 Å². The maximum absolute atomic E-state index is 9.36. The van der Waals surface area contributed by atoms with E-state index in [-0.39, 0.29) is 5.75 Å². The van der Waals surface area contributed by atoms with Gasteiger partial charge in [0.05, 0.1) is 0 Å². The molecule has 0 spiro atoms. The second-order valence-corrected chi connectivity index (χ2v) is 5.82. The quantitative estimate of drug-likeness (QED) is 0.716. The van der Waals surface area contributed by atoms with Crippen LogP contribution in [-0.4, -0.2) is 36.2 Å². The Morgan fingerprint density at radius 3 is 2.21 bits per heavy atom. The third-order valence-electron chi connectivity index (χ3n) is 4.16. The van der Waals surface area contributed by atoms with Gasteiger partial charge in [-0.05, 0) is 61.0 Å². The first kappa shape index (κ1) is 18.1. The van der Waals surface area contributed by atoms with E-state index in [2.05, 4.69) is 43.9 Å². The van der Waals surface area contributed by atoms with Gasteiger partial charge in [-0.1, -0.05) is 44.2 Å². The molecule has 0 fully saturated rings. The van der Waals surface area contributed by atoms with Crippen LogP contribution in [0, 0.1) is 0 Å². The van der Waals surface area contributed by atoms with E-state index in [1.165, 1.54) is 0 Å². The van der Waals surface area contributed by atoms with Gasteiger partial charge < -0.3 is 14.7 Å². The van der Waals surface area contributed by atoms with Crippen LogP contribution in [0.3, 0.4) is 0 Å². The number of hydrogen-bond donors (Lipinski definition) is 1. The number of rotatable bonds is 8. The Hall–Kier alpha value is -2.26. The van der Waals surface area contributed by atoms with Gasteiger partial charge in [0.1, 0.15) is 18.1 Å². The summed E-state index contributed by atoms with van der Waals surface area (Å²) in [7, 11) is 0. The SMILES string of the molecule is CCN(CC)CCOc1ccc(/C=C(/C)c2ccc(O)cc2)cc1. The number of allylic oxidation sites excluding steroid dienone is 1. The highest BCUT2D eigenvalue weighted by atomic mass is 16.5. The van der Waals surface area contributed by atoms with Crippen LogP contribution in [0.2, 0.25) is 0 Å². The Kier molecular flexibility index (Phi) is 6.89. The lowest BCUT2D eigenvalue weighted by Crippen LogP contribution is -2.27. The number of nitrogens with zero attached hydrogens (tertiary/aromatic N) is 1. The molecule has 0 bridgehead atoms. The highest BCUT2D eigenvalue weighted by Crippen LogP contribution is 2.21. The molecule has 0 aromatic heterocycles. The molecule has 0 heterocycles. The van der Waals surface area contributed by atoms with Crippen LogP contribution in [0.25, 0.3) is 11.6 Å². The maximum atomic E-state index is 9.36. The summed E-state index contributed by atoms with van der Waals surface area (Å²) >= 11 is 0. The molecule has 2 aromatic carbocycles. The molecule has 0 saturated heterocycles. The minimum absolute atomic E-state index is 0.290. The van der Waals surface area contributed by atoms with Gasteiger partial charge in [0.2, 0.25) is 0 Å². The van der Waals surface area contributed by atoms with E-state index in [9.17, 15) is 5.11 Å². The summed E-state index contributed by atoms with van der Waals surface area (Å²) in [5.41, 5.74) is 3.40. The number of phenolic OH excluding ortho intramolecular Hbond substituents is 1. The normalized spacial score (nSPS) is 11.8. The fourth-order valence-electron chi connectivity index (χ4n) is 2.55. The fraction of sp³-hybridized carbons (Fsp3) is 0.333. The summed E-state index contributed by atoms with van der Waals surface area (Å²) in [6, 6.07) is 15.4. The van der Waals surface area contributed by atoms with Crippen molar-refractivity contribution < 1.29 is 9.84 Å². The first-order valence-corrected chi connectivity index (χ1v) is 8.55. The molecule has 2 aromatic rings. The zero-order valence-corrected chi connectivity index (χ0v) is 14.8. The number of hydrogen-bond acceptors (Lipinski definition) is 3. The predicted molar refractivity (Wildman–Crippen MR) is 101 cm³/mol. The Balaban J connectivity index is 1.94. The van der Waals surface area contributed by atoms with E-state index in [0.717, 1.165) is 42.1 Å². The van der Waals surface area contributed by atoms with Crippen molar-refractivity contribution in [2.45, 2.75) is 20.8 Å². The van der Waals surface area contributed by atoms with Crippen molar-refractivity contribution in [1.29, 1.82) is 0 Å². The Morgan fingerprint density at radius 2 is 1.62 bits per heavy atom. The van der Waals surface area contributed by atoms with Crippen LogP contribution in [0.5, 0.6) is 11.5 Å². The molecule has 0 aliphatic carbocycles. The molecule has 128 valence electrons. The number of likely N-dealkylation sites (N-methyl/N-ethyl adjacent to an activating group) is 1. The Morgan fingerprint density at radius 1 is 1.00 bits per heavy atom. The van der Waals surface area contributed by atoms with E-state index in [0.29, 0.717) is 6.61 Å². The molecule has 3 heteroatoms. The lowest BCUT2D eigenvalue weighted by Gasteiger charge is -2.18. The number of ether oxygens (including phenoxy) is 1. The monoisotopic (exact) mass is 325 g/mol. The van der Waals surface area contributed by atoms with Gasteiger partial charge in [-0.3, -0.25) is 0 Å². The summed E-state index contributed by atoms with van der Waals surface area (Å²) in [6.45, 7) is 10.2. The molecular weight excluding hydrogens is 298 g/mol. The maximum Gasteiger partial charge on any atom is 0.119 e. The first-order valence-electron chi connectivity index (χ1n) is 8.55. The predicted octanol–water partition coefficient (Wildman–Crippen LogP) is 4.67.